The number of ether oxygens (including phenoxy) is 1. The van der Waals surface area contributed by atoms with Gasteiger partial charge >= 0.3 is 5.97 Å². The van der Waals surface area contributed by atoms with Crippen LogP contribution in [0.5, 0.6) is 0 Å². The molecule has 20 heavy (non-hydrogen) atoms. The van der Waals surface area contributed by atoms with E-state index in [0.29, 0.717) is 24.6 Å². The number of aromatic nitrogens is 2. The molecule has 0 atom stereocenters. The molecule has 0 saturated heterocycles. The van der Waals surface area contributed by atoms with E-state index in [1.807, 2.05) is 20.8 Å². The maximum Gasteiger partial charge on any atom is 0.322 e. The van der Waals surface area contributed by atoms with Crippen molar-refractivity contribution in [3.63, 3.8) is 0 Å². The van der Waals surface area contributed by atoms with E-state index in [4.69, 9.17) is 13.6 Å². The summed E-state index contributed by atoms with van der Waals surface area (Å²) >= 11 is 0. The van der Waals surface area contributed by atoms with E-state index in [2.05, 4.69) is 16.5 Å². The van der Waals surface area contributed by atoms with Gasteiger partial charge in [0.25, 0.3) is 11.4 Å². The summed E-state index contributed by atoms with van der Waals surface area (Å²) in [5.74, 6) is 0.362. The first-order valence-electron chi connectivity index (χ1n) is 6.48. The average molecular weight is 276 g/mol. The third-order valence-corrected chi connectivity index (χ3v) is 3.12. The molecule has 2 aromatic rings. The number of hydrogen-bond acceptors (Lipinski definition) is 6. The lowest BCUT2D eigenvalue weighted by Gasteiger charge is -2.22. The normalized spacial score (nSPS) is 17.1. The Morgan fingerprint density at radius 1 is 1.30 bits per heavy atom. The lowest BCUT2D eigenvalue weighted by atomic mass is 10.1. The van der Waals surface area contributed by atoms with Gasteiger partial charge in [0.05, 0.1) is 0 Å². The molecular formula is C14H16N2O4. The van der Waals surface area contributed by atoms with Crippen LogP contribution in [0.25, 0.3) is 17.5 Å². The number of carbonyl (C=O) groups excluding carboxylic acids is 1. The zero-order chi connectivity index (χ0) is 14.5. The highest BCUT2D eigenvalue weighted by molar-refractivity contribution is 5.86. The standard InChI is InChI=1S/C14H16N2O4/c1-5-8-15-9-10(18-8)16-11(19-9)14(6-7-14)12(17)20-13(2,3)4/h5H,1,6-7H2,2-4H3. The maximum absolute atomic E-state index is 12.3. The monoisotopic (exact) mass is 276 g/mol. The maximum atomic E-state index is 12.3. The molecule has 1 aliphatic carbocycles. The topological polar surface area (TPSA) is 78.4 Å². The van der Waals surface area contributed by atoms with Crippen LogP contribution in [0.1, 0.15) is 45.4 Å². The third-order valence-electron chi connectivity index (χ3n) is 3.12. The Morgan fingerprint density at radius 3 is 2.45 bits per heavy atom. The van der Waals surface area contributed by atoms with Gasteiger partial charge in [-0.1, -0.05) is 6.58 Å². The Kier molecular flexibility index (Phi) is 2.54. The number of nitrogens with zero attached hydrogens (tertiary/aromatic N) is 2. The van der Waals surface area contributed by atoms with Crippen molar-refractivity contribution in [2.45, 2.75) is 44.6 Å². The highest BCUT2D eigenvalue weighted by atomic mass is 16.6. The van der Waals surface area contributed by atoms with E-state index in [0.717, 1.165) is 0 Å². The fourth-order valence-corrected chi connectivity index (χ4v) is 1.96. The van der Waals surface area contributed by atoms with Gasteiger partial charge in [0.2, 0.25) is 11.8 Å². The summed E-state index contributed by atoms with van der Waals surface area (Å²) in [4.78, 5) is 20.6. The molecule has 1 fully saturated rings. The van der Waals surface area contributed by atoms with Gasteiger partial charge in [0.15, 0.2) is 0 Å². The van der Waals surface area contributed by atoms with E-state index in [9.17, 15) is 4.79 Å². The Labute approximate surface area is 115 Å². The zero-order valence-corrected chi connectivity index (χ0v) is 11.7. The highest BCUT2D eigenvalue weighted by Gasteiger charge is 2.58. The zero-order valence-electron chi connectivity index (χ0n) is 11.7. The fourth-order valence-electron chi connectivity index (χ4n) is 1.96. The van der Waals surface area contributed by atoms with Gasteiger partial charge in [-0.15, -0.1) is 0 Å². The van der Waals surface area contributed by atoms with Gasteiger partial charge in [-0.3, -0.25) is 4.79 Å². The lowest BCUT2D eigenvalue weighted by Crippen LogP contribution is -2.32. The summed E-state index contributed by atoms with van der Waals surface area (Å²) in [6.07, 6.45) is 2.80. The minimum Gasteiger partial charge on any atom is -0.459 e. The van der Waals surface area contributed by atoms with Crippen molar-refractivity contribution in [2.24, 2.45) is 0 Å². The van der Waals surface area contributed by atoms with Crippen LogP contribution in [0.4, 0.5) is 0 Å². The third kappa shape index (κ3) is 2.01. The second-order valence-corrected chi connectivity index (χ2v) is 5.97. The molecule has 106 valence electrons. The van der Waals surface area contributed by atoms with E-state index in [-0.39, 0.29) is 17.4 Å². The first-order chi connectivity index (χ1) is 9.34. The van der Waals surface area contributed by atoms with E-state index in [1.54, 1.807) is 0 Å². The first-order valence-corrected chi connectivity index (χ1v) is 6.48. The van der Waals surface area contributed by atoms with Gasteiger partial charge in [-0.25, -0.2) is 0 Å². The van der Waals surface area contributed by atoms with Crippen LogP contribution >= 0.6 is 0 Å². The van der Waals surface area contributed by atoms with Crippen molar-refractivity contribution < 1.29 is 18.4 Å². The van der Waals surface area contributed by atoms with E-state index < -0.39 is 11.0 Å². The predicted octanol–water partition coefficient (Wildman–Crippen LogP) is 2.83. The molecule has 1 aliphatic rings. The van der Waals surface area contributed by atoms with Gasteiger partial charge < -0.3 is 13.6 Å². The number of rotatable bonds is 3. The van der Waals surface area contributed by atoms with Crippen molar-refractivity contribution in [2.75, 3.05) is 0 Å². The summed E-state index contributed by atoms with van der Waals surface area (Å²) in [5.41, 5.74) is -0.744. The van der Waals surface area contributed by atoms with Crippen molar-refractivity contribution in [1.82, 2.24) is 9.97 Å². The van der Waals surface area contributed by atoms with Gasteiger partial charge in [0, 0.05) is 0 Å². The van der Waals surface area contributed by atoms with Crippen LogP contribution in [0.15, 0.2) is 15.4 Å². The second kappa shape index (κ2) is 3.94. The molecule has 0 N–H and O–H groups in total. The quantitative estimate of drug-likeness (QED) is 0.802. The van der Waals surface area contributed by atoms with Crippen molar-refractivity contribution >= 4 is 23.5 Å². The minimum atomic E-state index is -0.773. The molecule has 3 rings (SSSR count). The molecule has 0 unspecified atom stereocenters. The number of hydrogen-bond donors (Lipinski definition) is 0. The highest BCUT2D eigenvalue weighted by Crippen LogP contribution is 2.50. The first kappa shape index (κ1) is 12.9. The largest absolute Gasteiger partial charge is 0.459 e. The molecule has 0 radical (unpaired) electrons. The smallest absolute Gasteiger partial charge is 0.322 e. The minimum absolute atomic E-state index is 0.282. The summed E-state index contributed by atoms with van der Waals surface area (Å²) in [5, 5.41) is 0. The predicted molar refractivity (Wildman–Crippen MR) is 70.9 cm³/mol. The molecular weight excluding hydrogens is 260 g/mol. The molecule has 0 amide bonds. The summed E-state index contributed by atoms with van der Waals surface area (Å²) in [6.45, 7) is 9.06. The fraction of sp³-hybridized carbons (Fsp3) is 0.500. The van der Waals surface area contributed by atoms with Gasteiger partial charge in [0.1, 0.15) is 11.0 Å². The Hall–Kier alpha value is -2.11. The summed E-state index contributed by atoms with van der Waals surface area (Å²) in [7, 11) is 0. The van der Waals surface area contributed by atoms with E-state index >= 15 is 0 Å². The van der Waals surface area contributed by atoms with Gasteiger partial charge in [-0.2, -0.15) is 9.97 Å². The molecule has 0 bridgehead atoms. The Bertz CT molecular complexity index is 654. The van der Waals surface area contributed by atoms with Crippen molar-refractivity contribution in [3.05, 3.63) is 18.4 Å². The van der Waals surface area contributed by atoms with Crippen molar-refractivity contribution in [3.8, 4) is 0 Å². The number of fused-ring (bicyclic) bond motifs is 1. The van der Waals surface area contributed by atoms with Crippen LogP contribution < -0.4 is 0 Å². The number of carbonyl (C=O) groups is 1. The molecule has 6 nitrogen and oxygen atoms in total. The summed E-state index contributed by atoms with van der Waals surface area (Å²) < 4.78 is 16.3. The molecule has 2 heterocycles. The van der Waals surface area contributed by atoms with Crippen LogP contribution in [-0.4, -0.2) is 21.5 Å². The molecule has 2 aromatic heterocycles. The van der Waals surface area contributed by atoms with Crippen LogP contribution in [0.3, 0.4) is 0 Å². The molecule has 0 aliphatic heterocycles. The second-order valence-electron chi connectivity index (χ2n) is 5.97. The number of oxazole rings is 2. The molecule has 0 spiro atoms. The Balaban J connectivity index is 1.91. The summed E-state index contributed by atoms with van der Waals surface area (Å²) in [6, 6.07) is 0. The number of esters is 1. The molecule has 6 heteroatoms. The Morgan fingerprint density at radius 2 is 1.95 bits per heavy atom. The van der Waals surface area contributed by atoms with Gasteiger partial charge in [-0.05, 0) is 39.7 Å². The van der Waals surface area contributed by atoms with E-state index in [1.165, 1.54) is 6.08 Å². The molecule has 0 aromatic carbocycles. The van der Waals surface area contributed by atoms with Crippen molar-refractivity contribution in [1.29, 1.82) is 0 Å². The van der Waals surface area contributed by atoms with Crippen LogP contribution in [0, 0.1) is 0 Å². The molecule has 1 saturated carbocycles. The van der Waals surface area contributed by atoms with Crippen LogP contribution in [0.2, 0.25) is 0 Å². The lowest BCUT2D eigenvalue weighted by molar-refractivity contribution is -0.158. The SMILES string of the molecule is C=Cc1nc2oc(C3(C(=O)OC(C)(C)C)CC3)nc2o1. The van der Waals surface area contributed by atoms with Crippen LogP contribution in [-0.2, 0) is 14.9 Å². The average Bonchev–Trinajstić information content (AvgIpc) is 2.91.